The molecule has 1 aromatic carbocycles. The summed E-state index contributed by atoms with van der Waals surface area (Å²) in [4.78, 5) is 39.2. The van der Waals surface area contributed by atoms with Crippen LogP contribution in [-0.2, 0) is 14.3 Å². The van der Waals surface area contributed by atoms with Gasteiger partial charge in [-0.05, 0) is 54.5 Å². The summed E-state index contributed by atoms with van der Waals surface area (Å²) >= 11 is 0. The molecule has 0 radical (unpaired) electrons. The van der Waals surface area contributed by atoms with Crippen molar-refractivity contribution >= 4 is 17.9 Å². The number of nitrogens with zero attached hydrogens (tertiary/aromatic N) is 1. The van der Waals surface area contributed by atoms with E-state index in [0.717, 1.165) is 0 Å². The Hall–Kier alpha value is -2.77. The average molecular weight is 408 g/mol. The van der Waals surface area contributed by atoms with Crippen molar-refractivity contribution in [1.82, 2.24) is 15.5 Å². The van der Waals surface area contributed by atoms with Crippen LogP contribution in [0.25, 0.3) is 0 Å². The number of phenols is 1. The maximum atomic E-state index is 13.0. The Morgan fingerprint density at radius 3 is 2.17 bits per heavy atom. The van der Waals surface area contributed by atoms with E-state index in [-0.39, 0.29) is 24.4 Å². The third kappa shape index (κ3) is 7.63. The fourth-order valence-electron chi connectivity index (χ4n) is 2.78. The van der Waals surface area contributed by atoms with Gasteiger partial charge in [-0.1, -0.05) is 18.2 Å². The summed E-state index contributed by atoms with van der Waals surface area (Å²) in [6.45, 7) is 12.0. The quantitative estimate of drug-likeness (QED) is 0.644. The Labute approximate surface area is 172 Å². The van der Waals surface area contributed by atoms with E-state index in [1.54, 1.807) is 52.8 Å². The lowest BCUT2D eigenvalue weighted by Gasteiger charge is -2.35. The standard InChI is InChI=1S/C21H33N3O5/c1-13(2)23-19(27)18(15-10-8-9-11-16(15)25)24(14(3)4)17(26)12-22-20(28)29-21(5,6)7/h8-11,13-14,18,25H,12H2,1-7H3,(H,22,28)(H,23,27). The average Bonchev–Trinajstić information content (AvgIpc) is 2.55. The summed E-state index contributed by atoms with van der Waals surface area (Å²) in [5.41, 5.74) is -0.384. The van der Waals surface area contributed by atoms with E-state index in [4.69, 9.17) is 4.74 Å². The summed E-state index contributed by atoms with van der Waals surface area (Å²) < 4.78 is 5.15. The molecule has 0 bridgehead atoms. The number of aromatic hydroxyl groups is 1. The molecule has 162 valence electrons. The van der Waals surface area contributed by atoms with Crippen molar-refractivity contribution in [3.05, 3.63) is 29.8 Å². The summed E-state index contributed by atoms with van der Waals surface area (Å²) in [6.07, 6.45) is -0.722. The molecule has 3 N–H and O–H groups in total. The number of amides is 3. The fourth-order valence-corrected chi connectivity index (χ4v) is 2.78. The molecule has 3 amide bonds. The van der Waals surface area contributed by atoms with Gasteiger partial charge in [0.25, 0.3) is 0 Å². The number of carbonyl (C=O) groups is 3. The maximum Gasteiger partial charge on any atom is 0.408 e. The summed E-state index contributed by atoms with van der Waals surface area (Å²) in [7, 11) is 0. The highest BCUT2D eigenvalue weighted by Gasteiger charge is 2.35. The Kier molecular flexibility index (Phi) is 8.48. The number of rotatable bonds is 7. The van der Waals surface area contributed by atoms with Crippen molar-refractivity contribution in [2.75, 3.05) is 6.54 Å². The molecule has 0 aliphatic carbocycles. The van der Waals surface area contributed by atoms with Gasteiger partial charge in [0.15, 0.2) is 0 Å². The Balaban J connectivity index is 3.16. The molecule has 0 aromatic heterocycles. The molecule has 0 saturated heterocycles. The molecule has 1 atom stereocenters. The van der Waals surface area contributed by atoms with Gasteiger partial charge in [0.2, 0.25) is 11.8 Å². The smallest absolute Gasteiger partial charge is 0.408 e. The van der Waals surface area contributed by atoms with Crippen LogP contribution in [0.4, 0.5) is 4.79 Å². The zero-order valence-corrected chi connectivity index (χ0v) is 18.3. The van der Waals surface area contributed by atoms with Gasteiger partial charge >= 0.3 is 6.09 Å². The number of para-hydroxylation sites is 1. The van der Waals surface area contributed by atoms with Gasteiger partial charge in [0.05, 0.1) is 0 Å². The zero-order chi connectivity index (χ0) is 22.4. The normalized spacial score (nSPS) is 12.4. The number of nitrogens with one attached hydrogen (secondary N) is 2. The third-order valence-electron chi connectivity index (χ3n) is 3.82. The number of phenolic OH excluding ortho intramolecular Hbond substituents is 1. The van der Waals surface area contributed by atoms with Crippen LogP contribution in [0.5, 0.6) is 5.75 Å². The van der Waals surface area contributed by atoms with E-state index in [1.807, 2.05) is 13.8 Å². The second-order valence-corrected chi connectivity index (χ2v) is 8.37. The molecule has 8 heteroatoms. The Bertz CT molecular complexity index is 725. The highest BCUT2D eigenvalue weighted by molar-refractivity contribution is 5.91. The molecular weight excluding hydrogens is 374 g/mol. The molecule has 29 heavy (non-hydrogen) atoms. The van der Waals surface area contributed by atoms with Gasteiger partial charge in [-0.2, -0.15) is 0 Å². The van der Waals surface area contributed by atoms with Crippen molar-refractivity contribution < 1.29 is 24.2 Å². The lowest BCUT2D eigenvalue weighted by atomic mass is 10.0. The van der Waals surface area contributed by atoms with Gasteiger partial charge in [-0.3, -0.25) is 9.59 Å². The minimum atomic E-state index is -1.05. The predicted octanol–water partition coefficient (Wildman–Crippen LogP) is 2.72. The van der Waals surface area contributed by atoms with Crippen molar-refractivity contribution in [1.29, 1.82) is 0 Å². The number of alkyl carbamates (subject to hydrolysis) is 1. The van der Waals surface area contributed by atoms with E-state index in [9.17, 15) is 19.5 Å². The van der Waals surface area contributed by atoms with Crippen molar-refractivity contribution in [3.63, 3.8) is 0 Å². The highest BCUT2D eigenvalue weighted by Crippen LogP contribution is 2.30. The first-order valence-electron chi connectivity index (χ1n) is 9.69. The third-order valence-corrected chi connectivity index (χ3v) is 3.82. The van der Waals surface area contributed by atoms with Crippen LogP contribution < -0.4 is 10.6 Å². The van der Waals surface area contributed by atoms with Crippen LogP contribution >= 0.6 is 0 Å². The number of carbonyl (C=O) groups excluding carboxylic acids is 3. The van der Waals surface area contributed by atoms with E-state index >= 15 is 0 Å². The summed E-state index contributed by atoms with van der Waals surface area (Å²) in [6, 6.07) is 4.82. The summed E-state index contributed by atoms with van der Waals surface area (Å²) in [5, 5.41) is 15.5. The van der Waals surface area contributed by atoms with Gasteiger partial charge in [-0.25, -0.2) is 4.79 Å². The topological polar surface area (TPSA) is 108 Å². The maximum absolute atomic E-state index is 13.0. The van der Waals surface area contributed by atoms with E-state index in [2.05, 4.69) is 10.6 Å². The Morgan fingerprint density at radius 2 is 1.69 bits per heavy atom. The molecule has 0 heterocycles. The molecule has 0 saturated carbocycles. The van der Waals surface area contributed by atoms with Crippen molar-refractivity contribution in [2.45, 2.75) is 72.2 Å². The fraction of sp³-hybridized carbons (Fsp3) is 0.571. The Morgan fingerprint density at radius 1 is 1.10 bits per heavy atom. The van der Waals surface area contributed by atoms with Gasteiger partial charge < -0.3 is 25.4 Å². The van der Waals surface area contributed by atoms with Gasteiger partial charge in [0.1, 0.15) is 23.9 Å². The van der Waals surface area contributed by atoms with Crippen molar-refractivity contribution in [3.8, 4) is 5.75 Å². The second kappa shape index (κ2) is 10.1. The van der Waals surface area contributed by atoms with Gasteiger partial charge in [-0.15, -0.1) is 0 Å². The molecular formula is C21H33N3O5. The molecule has 1 rings (SSSR count). The molecule has 0 aliphatic heterocycles. The van der Waals surface area contributed by atoms with Crippen LogP contribution in [0.1, 0.15) is 60.1 Å². The van der Waals surface area contributed by atoms with E-state index in [1.165, 1.54) is 11.0 Å². The number of hydrogen-bond acceptors (Lipinski definition) is 5. The van der Waals surface area contributed by atoms with Crippen LogP contribution in [0, 0.1) is 0 Å². The lowest BCUT2D eigenvalue weighted by molar-refractivity contribution is -0.142. The number of benzene rings is 1. The molecule has 0 spiro atoms. The highest BCUT2D eigenvalue weighted by atomic mass is 16.6. The second-order valence-electron chi connectivity index (χ2n) is 8.37. The first kappa shape index (κ1) is 24.3. The SMILES string of the molecule is CC(C)NC(=O)C(c1ccccc1O)N(C(=O)CNC(=O)OC(C)(C)C)C(C)C. The first-order valence-corrected chi connectivity index (χ1v) is 9.69. The molecule has 0 aliphatic rings. The number of ether oxygens (including phenoxy) is 1. The first-order chi connectivity index (χ1) is 13.3. The zero-order valence-electron chi connectivity index (χ0n) is 18.3. The molecule has 0 fully saturated rings. The van der Waals surface area contributed by atoms with Crippen molar-refractivity contribution in [2.24, 2.45) is 0 Å². The lowest BCUT2D eigenvalue weighted by Crippen LogP contribution is -2.51. The number of hydrogen-bond donors (Lipinski definition) is 3. The monoisotopic (exact) mass is 407 g/mol. The van der Waals surface area contributed by atoms with Crippen LogP contribution in [-0.4, -0.2) is 52.1 Å². The minimum Gasteiger partial charge on any atom is -0.508 e. The molecule has 1 aromatic rings. The van der Waals surface area contributed by atoms with E-state index < -0.39 is 29.6 Å². The molecule has 1 unspecified atom stereocenters. The van der Waals surface area contributed by atoms with Gasteiger partial charge in [0, 0.05) is 17.6 Å². The van der Waals surface area contributed by atoms with Crippen LogP contribution in [0.3, 0.4) is 0 Å². The van der Waals surface area contributed by atoms with E-state index in [0.29, 0.717) is 5.56 Å². The minimum absolute atomic E-state index is 0.0880. The van der Waals surface area contributed by atoms with Crippen LogP contribution in [0.15, 0.2) is 24.3 Å². The molecule has 8 nitrogen and oxygen atoms in total. The predicted molar refractivity (Wildman–Crippen MR) is 110 cm³/mol. The largest absolute Gasteiger partial charge is 0.508 e. The van der Waals surface area contributed by atoms with Crippen LogP contribution in [0.2, 0.25) is 0 Å². The summed E-state index contributed by atoms with van der Waals surface area (Å²) in [5.74, 6) is -0.978.